The van der Waals surface area contributed by atoms with Crippen LogP contribution in [0.3, 0.4) is 0 Å². The molecule has 0 unspecified atom stereocenters. The number of amides is 1. The van der Waals surface area contributed by atoms with Crippen molar-refractivity contribution in [2.24, 2.45) is 5.84 Å². The highest BCUT2D eigenvalue weighted by molar-refractivity contribution is 7.95. The summed E-state index contributed by atoms with van der Waals surface area (Å²) in [4.78, 5) is 13.4. The molecule has 0 saturated carbocycles. The largest absolute Gasteiger partial charge is 0.314 e. The number of nitrogens with zero attached hydrogens (tertiary/aromatic N) is 1. The van der Waals surface area contributed by atoms with E-state index in [-0.39, 0.29) is 5.91 Å². The third-order valence-corrected chi connectivity index (χ3v) is 3.17. The van der Waals surface area contributed by atoms with Crippen LogP contribution in [0.4, 0.5) is 0 Å². The highest BCUT2D eigenvalue weighted by Gasteiger charge is 2.15. The molecule has 17 heavy (non-hydrogen) atoms. The molecule has 7 heteroatoms. The van der Waals surface area contributed by atoms with Crippen molar-refractivity contribution in [1.82, 2.24) is 5.01 Å². The predicted octanol–water partition coefficient (Wildman–Crippen LogP) is 1.94. The Bertz CT molecular complexity index is 399. The lowest BCUT2D eigenvalue weighted by molar-refractivity contribution is 0.0791. The molecule has 0 radical (unpaired) electrons. The zero-order chi connectivity index (χ0) is 12.8. The second kappa shape index (κ2) is 6.87. The Hall–Kier alpha value is -0.730. The minimum atomic E-state index is -0.275. The maximum atomic E-state index is 11.9. The quantitative estimate of drug-likeness (QED) is 0.383. The van der Waals surface area contributed by atoms with Gasteiger partial charge >= 0.3 is 0 Å². The lowest BCUT2D eigenvalue weighted by Gasteiger charge is -2.13. The van der Waals surface area contributed by atoms with Gasteiger partial charge in [0.05, 0.1) is 19.8 Å². The van der Waals surface area contributed by atoms with Gasteiger partial charge in [0.25, 0.3) is 5.91 Å². The zero-order valence-corrected chi connectivity index (χ0v) is 11.4. The molecular weight excluding hydrogens is 260 g/mol. The van der Waals surface area contributed by atoms with Gasteiger partial charge in [0, 0.05) is 40.9 Å². The highest BCUT2D eigenvalue weighted by atomic mass is 32.2. The number of hydrogen-bond donors (Lipinski definition) is 1. The Labute approximate surface area is 109 Å². The molecule has 0 aromatic heterocycles. The van der Waals surface area contributed by atoms with Crippen LogP contribution in [0.15, 0.2) is 28.0 Å². The van der Waals surface area contributed by atoms with Gasteiger partial charge in [0.1, 0.15) is 0 Å². The molecule has 0 aliphatic heterocycles. The van der Waals surface area contributed by atoms with Crippen molar-refractivity contribution in [3.05, 3.63) is 23.8 Å². The van der Waals surface area contributed by atoms with Gasteiger partial charge in [-0.3, -0.25) is 9.80 Å². The lowest BCUT2D eigenvalue weighted by Crippen LogP contribution is -2.33. The van der Waals surface area contributed by atoms with E-state index in [0.717, 1.165) is 26.8 Å². The van der Waals surface area contributed by atoms with Crippen LogP contribution in [0.5, 0.6) is 0 Å². The summed E-state index contributed by atoms with van der Waals surface area (Å²) in [5, 5.41) is 1.04. The summed E-state index contributed by atoms with van der Waals surface area (Å²) in [6, 6.07) is 5.37. The molecule has 0 fully saturated rings. The molecule has 0 bridgehead atoms. The number of hydrogen-bond acceptors (Lipinski definition) is 6. The number of hydrazine groups is 1. The first kappa shape index (κ1) is 14.3. The van der Waals surface area contributed by atoms with Crippen LogP contribution in [0.2, 0.25) is 0 Å². The SMILES string of the molecule is COSc1ccc(SOC)c(C(=O)N(C)N)c1. The van der Waals surface area contributed by atoms with Gasteiger partial charge in [-0.2, -0.15) is 0 Å². The summed E-state index contributed by atoms with van der Waals surface area (Å²) >= 11 is 2.31. The standard InChI is InChI=1S/C10H14N2O3S2/c1-12(11)10(13)8-6-7(16-14-2)4-5-9(8)17-15-3/h4-6H,11H2,1-3H3. The van der Waals surface area contributed by atoms with E-state index in [1.165, 1.54) is 19.1 Å². The summed E-state index contributed by atoms with van der Waals surface area (Å²) in [5.41, 5.74) is 0.490. The third-order valence-electron chi connectivity index (χ3n) is 1.85. The van der Waals surface area contributed by atoms with Crippen molar-refractivity contribution in [3.8, 4) is 0 Å². The van der Waals surface area contributed by atoms with Crippen molar-refractivity contribution in [3.63, 3.8) is 0 Å². The van der Waals surface area contributed by atoms with Crippen molar-refractivity contribution in [2.75, 3.05) is 21.3 Å². The van der Waals surface area contributed by atoms with Crippen LogP contribution in [0, 0.1) is 0 Å². The number of nitrogens with two attached hydrogens (primary N) is 1. The van der Waals surface area contributed by atoms with Crippen molar-refractivity contribution in [1.29, 1.82) is 0 Å². The molecule has 1 amide bonds. The van der Waals surface area contributed by atoms with E-state index in [1.807, 2.05) is 6.07 Å². The molecule has 1 rings (SSSR count). The van der Waals surface area contributed by atoms with Crippen molar-refractivity contribution >= 4 is 30.0 Å². The number of benzene rings is 1. The topological polar surface area (TPSA) is 64.8 Å². The zero-order valence-electron chi connectivity index (χ0n) is 9.80. The van der Waals surface area contributed by atoms with E-state index in [9.17, 15) is 4.79 Å². The second-order valence-electron chi connectivity index (χ2n) is 3.07. The molecule has 0 spiro atoms. The van der Waals surface area contributed by atoms with Crippen LogP contribution in [0.1, 0.15) is 10.4 Å². The van der Waals surface area contributed by atoms with E-state index < -0.39 is 0 Å². The average molecular weight is 274 g/mol. The van der Waals surface area contributed by atoms with Crippen LogP contribution in [0.25, 0.3) is 0 Å². The van der Waals surface area contributed by atoms with Crippen LogP contribution in [-0.2, 0) is 8.37 Å². The van der Waals surface area contributed by atoms with Gasteiger partial charge in [0.2, 0.25) is 0 Å². The van der Waals surface area contributed by atoms with Crippen molar-refractivity contribution in [2.45, 2.75) is 9.79 Å². The number of rotatable bonds is 5. The predicted molar refractivity (Wildman–Crippen MR) is 68.5 cm³/mol. The molecule has 0 atom stereocenters. The van der Waals surface area contributed by atoms with E-state index in [4.69, 9.17) is 14.2 Å². The fourth-order valence-electron chi connectivity index (χ4n) is 1.18. The summed E-state index contributed by atoms with van der Waals surface area (Å²) in [6.45, 7) is 0. The van der Waals surface area contributed by atoms with Gasteiger partial charge < -0.3 is 8.37 Å². The summed E-state index contributed by atoms with van der Waals surface area (Å²) in [6.07, 6.45) is 0. The fraction of sp³-hybridized carbons (Fsp3) is 0.300. The molecule has 5 nitrogen and oxygen atoms in total. The van der Waals surface area contributed by atoms with Gasteiger partial charge in [0.15, 0.2) is 0 Å². The normalized spacial score (nSPS) is 10.4. The highest BCUT2D eigenvalue weighted by Crippen LogP contribution is 2.28. The smallest absolute Gasteiger partial charge is 0.268 e. The van der Waals surface area contributed by atoms with Crippen LogP contribution >= 0.6 is 24.1 Å². The molecule has 2 N–H and O–H groups in total. The average Bonchev–Trinajstić information content (AvgIpc) is 2.30. The summed E-state index contributed by atoms with van der Waals surface area (Å²) in [5.74, 6) is 5.18. The van der Waals surface area contributed by atoms with E-state index in [1.54, 1.807) is 26.4 Å². The number of carbonyl (C=O) groups excluding carboxylic acids is 1. The Morgan fingerprint density at radius 2 is 1.94 bits per heavy atom. The van der Waals surface area contributed by atoms with Gasteiger partial charge in [-0.15, -0.1) is 0 Å². The third kappa shape index (κ3) is 3.90. The first-order valence-corrected chi connectivity index (χ1v) is 6.16. The minimum Gasteiger partial charge on any atom is -0.314 e. The summed E-state index contributed by atoms with van der Waals surface area (Å²) in [7, 11) is 4.61. The van der Waals surface area contributed by atoms with Crippen molar-refractivity contribution < 1.29 is 13.2 Å². The number of carbonyl (C=O) groups is 1. The molecule has 0 aliphatic carbocycles. The van der Waals surface area contributed by atoms with Crippen LogP contribution < -0.4 is 5.84 Å². The fourth-order valence-corrected chi connectivity index (χ4v) is 2.20. The van der Waals surface area contributed by atoms with E-state index >= 15 is 0 Å². The lowest BCUT2D eigenvalue weighted by atomic mass is 10.2. The Morgan fingerprint density at radius 1 is 1.29 bits per heavy atom. The van der Waals surface area contributed by atoms with Crippen LogP contribution in [-0.4, -0.2) is 32.2 Å². The van der Waals surface area contributed by atoms with Gasteiger partial charge in [-0.1, -0.05) is 0 Å². The Kier molecular flexibility index (Phi) is 5.79. The molecule has 0 heterocycles. The van der Waals surface area contributed by atoms with Gasteiger partial charge in [-0.05, 0) is 18.2 Å². The molecule has 94 valence electrons. The summed E-state index contributed by atoms with van der Waals surface area (Å²) < 4.78 is 9.91. The molecule has 0 saturated heterocycles. The Balaban J connectivity index is 3.10. The molecule has 1 aromatic rings. The van der Waals surface area contributed by atoms with E-state index in [2.05, 4.69) is 0 Å². The second-order valence-corrected chi connectivity index (χ2v) is 4.99. The molecular formula is C10H14N2O3S2. The van der Waals surface area contributed by atoms with Gasteiger partial charge in [-0.25, -0.2) is 5.84 Å². The molecule has 0 aliphatic rings. The maximum absolute atomic E-state index is 11.9. The first-order chi connectivity index (χ1) is 8.10. The minimum absolute atomic E-state index is 0.275. The molecule has 1 aromatic carbocycles. The monoisotopic (exact) mass is 274 g/mol. The van der Waals surface area contributed by atoms with E-state index in [0.29, 0.717) is 5.56 Å². The first-order valence-electron chi connectivity index (χ1n) is 4.68. The Morgan fingerprint density at radius 3 is 2.47 bits per heavy atom. The maximum Gasteiger partial charge on any atom is 0.268 e.